The van der Waals surface area contributed by atoms with Gasteiger partial charge in [0.15, 0.2) is 5.60 Å². The first kappa shape index (κ1) is 27.1. The fourth-order valence-corrected chi connectivity index (χ4v) is 3.65. The van der Waals surface area contributed by atoms with Gasteiger partial charge in [-0.3, -0.25) is 4.79 Å². The standard InChI is InChI=1S/C24H48N2O2/c1-4-5-6-7-8-9-10-11-12-13-14-15-16-17-18-19-20-24(28,23(26)27)22(25)21(2)3/h11-12,21-22,28H,4-10,13-20,25H2,1-3H3,(H2,26,27)/b12-11-/t22-,24?/m0/s1. The van der Waals surface area contributed by atoms with Crippen molar-refractivity contribution >= 4 is 5.91 Å². The van der Waals surface area contributed by atoms with E-state index >= 15 is 0 Å². The summed E-state index contributed by atoms with van der Waals surface area (Å²) in [5, 5.41) is 10.5. The maximum atomic E-state index is 11.6. The molecule has 0 aliphatic rings. The van der Waals surface area contributed by atoms with Crippen molar-refractivity contribution in [2.45, 2.75) is 129 Å². The molecule has 0 rings (SSSR count). The first-order valence-corrected chi connectivity index (χ1v) is 11.8. The second-order valence-corrected chi connectivity index (χ2v) is 8.75. The molecular formula is C24H48N2O2. The van der Waals surface area contributed by atoms with Gasteiger partial charge in [-0.25, -0.2) is 0 Å². The Morgan fingerprint density at radius 2 is 1.29 bits per heavy atom. The van der Waals surface area contributed by atoms with E-state index in [4.69, 9.17) is 11.5 Å². The van der Waals surface area contributed by atoms with Crippen molar-refractivity contribution in [3.63, 3.8) is 0 Å². The summed E-state index contributed by atoms with van der Waals surface area (Å²) in [6.45, 7) is 6.07. The van der Waals surface area contributed by atoms with E-state index in [0.29, 0.717) is 6.42 Å². The molecule has 0 aromatic heterocycles. The van der Waals surface area contributed by atoms with E-state index < -0.39 is 17.6 Å². The SMILES string of the molecule is CCCCCCCC/C=C\CCCCCCCCC(O)(C(N)=O)[C@@H](N)C(C)C. The van der Waals surface area contributed by atoms with E-state index in [9.17, 15) is 9.90 Å². The normalized spacial score (nSPS) is 15.2. The molecule has 0 aromatic rings. The van der Waals surface area contributed by atoms with Crippen LogP contribution in [0.4, 0.5) is 0 Å². The van der Waals surface area contributed by atoms with Gasteiger partial charge in [-0.2, -0.15) is 0 Å². The zero-order chi connectivity index (χ0) is 21.3. The average Bonchev–Trinajstić information content (AvgIpc) is 2.66. The van der Waals surface area contributed by atoms with E-state index in [-0.39, 0.29) is 5.92 Å². The minimum atomic E-state index is -1.57. The van der Waals surface area contributed by atoms with Crippen molar-refractivity contribution in [1.82, 2.24) is 0 Å². The number of hydrogen-bond acceptors (Lipinski definition) is 3. The van der Waals surface area contributed by atoms with Crippen LogP contribution >= 0.6 is 0 Å². The molecule has 0 saturated carbocycles. The first-order chi connectivity index (χ1) is 13.4. The second-order valence-electron chi connectivity index (χ2n) is 8.75. The van der Waals surface area contributed by atoms with Crippen LogP contribution in [0.2, 0.25) is 0 Å². The molecule has 0 aromatic carbocycles. The average molecular weight is 397 g/mol. The molecule has 0 spiro atoms. The van der Waals surface area contributed by atoms with Gasteiger partial charge in [-0.05, 0) is 44.4 Å². The summed E-state index contributed by atoms with van der Waals surface area (Å²) in [6.07, 6.45) is 22.3. The highest BCUT2D eigenvalue weighted by atomic mass is 16.3. The third kappa shape index (κ3) is 12.6. The van der Waals surface area contributed by atoms with Gasteiger partial charge in [-0.1, -0.05) is 90.7 Å². The van der Waals surface area contributed by atoms with Gasteiger partial charge >= 0.3 is 0 Å². The molecule has 2 atom stereocenters. The lowest BCUT2D eigenvalue weighted by Gasteiger charge is -2.33. The van der Waals surface area contributed by atoms with Crippen LogP contribution in [-0.4, -0.2) is 22.7 Å². The Kier molecular flexibility index (Phi) is 16.5. The summed E-state index contributed by atoms with van der Waals surface area (Å²) in [4.78, 5) is 11.6. The third-order valence-corrected chi connectivity index (χ3v) is 5.77. The van der Waals surface area contributed by atoms with E-state index in [0.717, 1.165) is 19.3 Å². The van der Waals surface area contributed by atoms with Crippen molar-refractivity contribution in [3.8, 4) is 0 Å². The van der Waals surface area contributed by atoms with Crippen molar-refractivity contribution in [2.24, 2.45) is 17.4 Å². The molecular weight excluding hydrogens is 348 g/mol. The van der Waals surface area contributed by atoms with Crippen molar-refractivity contribution < 1.29 is 9.90 Å². The molecule has 0 radical (unpaired) electrons. The van der Waals surface area contributed by atoms with E-state index in [2.05, 4.69) is 19.1 Å². The van der Waals surface area contributed by atoms with Gasteiger partial charge in [0.1, 0.15) is 0 Å². The Morgan fingerprint density at radius 3 is 1.71 bits per heavy atom. The van der Waals surface area contributed by atoms with Gasteiger partial charge in [0.05, 0.1) is 0 Å². The van der Waals surface area contributed by atoms with Crippen LogP contribution in [0.25, 0.3) is 0 Å². The van der Waals surface area contributed by atoms with Crippen molar-refractivity contribution in [1.29, 1.82) is 0 Å². The summed E-state index contributed by atoms with van der Waals surface area (Å²) in [5.41, 5.74) is 9.83. The van der Waals surface area contributed by atoms with Crippen LogP contribution in [0.3, 0.4) is 0 Å². The number of nitrogens with two attached hydrogens (primary N) is 2. The monoisotopic (exact) mass is 396 g/mol. The van der Waals surface area contributed by atoms with E-state index in [1.807, 2.05) is 13.8 Å². The first-order valence-electron chi connectivity index (χ1n) is 11.8. The Hall–Kier alpha value is -0.870. The molecule has 28 heavy (non-hydrogen) atoms. The molecule has 0 bridgehead atoms. The summed E-state index contributed by atoms with van der Waals surface area (Å²) >= 11 is 0. The van der Waals surface area contributed by atoms with Crippen molar-refractivity contribution in [2.75, 3.05) is 0 Å². The molecule has 5 N–H and O–H groups in total. The van der Waals surface area contributed by atoms with Gasteiger partial charge < -0.3 is 16.6 Å². The number of aliphatic hydroxyl groups is 1. The van der Waals surface area contributed by atoms with Crippen LogP contribution < -0.4 is 11.5 Å². The number of rotatable bonds is 19. The van der Waals surface area contributed by atoms with Gasteiger partial charge in [0.2, 0.25) is 0 Å². The molecule has 1 amide bonds. The Bertz CT molecular complexity index is 409. The number of hydrogen-bond donors (Lipinski definition) is 3. The predicted octanol–water partition coefficient (Wildman–Crippen LogP) is 5.61. The van der Waals surface area contributed by atoms with Crippen LogP contribution in [0.1, 0.15) is 117 Å². The highest BCUT2D eigenvalue weighted by Gasteiger charge is 2.41. The highest BCUT2D eigenvalue weighted by molar-refractivity contribution is 5.84. The highest BCUT2D eigenvalue weighted by Crippen LogP contribution is 2.23. The Morgan fingerprint density at radius 1 is 0.857 bits per heavy atom. The zero-order valence-electron chi connectivity index (χ0n) is 18.9. The topological polar surface area (TPSA) is 89.3 Å². The molecule has 0 fully saturated rings. The molecule has 0 aliphatic heterocycles. The molecule has 0 saturated heterocycles. The number of amides is 1. The van der Waals surface area contributed by atoms with Gasteiger partial charge in [0.25, 0.3) is 5.91 Å². The van der Waals surface area contributed by atoms with Crippen LogP contribution in [0.5, 0.6) is 0 Å². The Labute approximate surface area is 174 Å². The lowest BCUT2D eigenvalue weighted by molar-refractivity contribution is -0.140. The smallest absolute Gasteiger partial charge is 0.251 e. The number of carbonyl (C=O) groups excluding carboxylic acids is 1. The van der Waals surface area contributed by atoms with Crippen LogP contribution in [-0.2, 0) is 4.79 Å². The minimum Gasteiger partial charge on any atom is -0.378 e. The lowest BCUT2D eigenvalue weighted by Crippen LogP contribution is -2.59. The second kappa shape index (κ2) is 17.0. The van der Waals surface area contributed by atoms with Gasteiger partial charge in [-0.15, -0.1) is 0 Å². The summed E-state index contributed by atoms with van der Waals surface area (Å²) < 4.78 is 0. The molecule has 4 heteroatoms. The number of allylic oxidation sites excluding steroid dienone is 2. The number of carbonyl (C=O) groups is 1. The van der Waals surface area contributed by atoms with Crippen LogP contribution in [0, 0.1) is 5.92 Å². The maximum Gasteiger partial charge on any atom is 0.251 e. The van der Waals surface area contributed by atoms with E-state index in [1.54, 1.807) is 0 Å². The Balaban J connectivity index is 3.61. The molecule has 0 aliphatic carbocycles. The number of primary amides is 1. The summed E-state index contributed by atoms with van der Waals surface area (Å²) in [6, 6.07) is -0.604. The van der Waals surface area contributed by atoms with Crippen molar-refractivity contribution in [3.05, 3.63) is 12.2 Å². The summed E-state index contributed by atoms with van der Waals surface area (Å²) in [7, 11) is 0. The van der Waals surface area contributed by atoms with E-state index in [1.165, 1.54) is 70.6 Å². The molecule has 0 heterocycles. The lowest BCUT2D eigenvalue weighted by atomic mass is 9.82. The quantitative estimate of drug-likeness (QED) is 0.196. The van der Waals surface area contributed by atoms with Crippen LogP contribution in [0.15, 0.2) is 12.2 Å². The number of unbranched alkanes of at least 4 members (excludes halogenated alkanes) is 12. The largest absolute Gasteiger partial charge is 0.378 e. The third-order valence-electron chi connectivity index (χ3n) is 5.77. The van der Waals surface area contributed by atoms with Gasteiger partial charge in [0, 0.05) is 6.04 Å². The maximum absolute atomic E-state index is 11.6. The molecule has 4 nitrogen and oxygen atoms in total. The predicted molar refractivity (Wildman–Crippen MR) is 121 cm³/mol. The fraction of sp³-hybridized carbons (Fsp3) is 0.875. The summed E-state index contributed by atoms with van der Waals surface area (Å²) in [5.74, 6) is -0.673. The molecule has 1 unspecified atom stereocenters. The fourth-order valence-electron chi connectivity index (χ4n) is 3.65. The minimum absolute atomic E-state index is 0.0200. The zero-order valence-corrected chi connectivity index (χ0v) is 18.9. The molecule has 166 valence electrons.